The van der Waals surface area contributed by atoms with Gasteiger partial charge in [-0.3, -0.25) is 14.9 Å². The van der Waals surface area contributed by atoms with Crippen LogP contribution in [0.2, 0.25) is 0 Å². The number of ether oxygens (including phenoxy) is 1. The molecule has 1 amide bonds. The summed E-state index contributed by atoms with van der Waals surface area (Å²) in [6.07, 6.45) is 4.19. The van der Waals surface area contributed by atoms with Crippen LogP contribution in [0.15, 0.2) is 35.7 Å². The minimum absolute atomic E-state index is 0.0615. The van der Waals surface area contributed by atoms with Crippen LogP contribution in [0.1, 0.15) is 39.0 Å². The minimum Gasteiger partial charge on any atom is -0.452 e. The molecule has 6 heteroatoms. The van der Waals surface area contributed by atoms with E-state index in [4.69, 9.17) is 4.74 Å². The number of hydrogen-bond acceptors (Lipinski definition) is 5. The topological polar surface area (TPSA) is 68.3 Å². The molecule has 1 aliphatic rings. The molecular weight excluding hydrogens is 336 g/mol. The SMILES string of the molecule is CC(OC(=O)C1CCCCC1)C(=O)Nc1nc(-c2ccccc2)cs1. The molecule has 5 nitrogen and oxygen atoms in total. The van der Waals surface area contributed by atoms with E-state index < -0.39 is 6.10 Å². The summed E-state index contributed by atoms with van der Waals surface area (Å²) in [6.45, 7) is 1.60. The lowest BCUT2D eigenvalue weighted by Gasteiger charge is -2.21. The van der Waals surface area contributed by atoms with E-state index in [9.17, 15) is 9.59 Å². The highest BCUT2D eigenvalue weighted by molar-refractivity contribution is 7.14. The van der Waals surface area contributed by atoms with Crippen LogP contribution in [0, 0.1) is 5.92 Å². The van der Waals surface area contributed by atoms with Gasteiger partial charge in [-0.15, -0.1) is 11.3 Å². The fourth-order valence-corrected chi connectivity index (χ4v) is 3.66. The summed E-state index contributed by atoms with van der Waals surface area (Å²) >= 11 is 1.35. The summed E-state index contributed by atoms with van der Waals surface area (Å²) in [5.74, 6) is -0.668. The number of esters is 1. The van der Waals surface area contributed by atoms with Crippen LogP contribution in [0.3, 0.4) is 0 Å². The quantitative estimate of drug-likeness (QED) is 0.811. The van der Waals surface area contributed by atoms with Crippen LogP contribution >= 0.6 is 11.3 Å². The first-order valence-corrected chi connectivity index (χ1v) is 9.54. The van der Waals surface area contributed by atoms with Crippen molar-refractivity contribution in [3.05, 3.63) is 35.7 Å². The molecule has 1 unspecified atom stereocenters. The van der Waals surface area contributed by atoms with Crippen LogP contribution in [-0.2, 0) is 14.3 Å². The van der Waals surface area contributed by atoms with Gasteiger partial charge in [-0.1, -0.05) is 49.6 Å². The molecular formula is C19H22N2O3S. The van der Waals surface area contributed by atoms with Crippen molar-refractivity contribution in [3.63, 3.8) is 0 Å². The molecule has 0 saturated heterocycles. The maximum atomic E-state index is 12.3. The van der Waals surface area contributed by atoms with Crippen LogP contribution in [-0.4, -0.2) is 23.0 Å². The largest absolute Gasteiger partial charge is 0.452 e. The first-order valence-electron chi connectivity index (χ1n) is 8.66. The van der Waals surface area contributed by atoms with Gasteiger partial charge >= 0.3 is 5.97 Å². The molecule has 1 aromatic heterocycles. The number of rotatable bonds is 5. The number of benzene rings is 1. The van der Waals surface area contributed by atoms with Crippen molar-refractivity contribution in [2.45, 2.75) is 45.1 Å². The third-order valence-corrected chi connectivity index (χ3v) is 5.16. The van der Waals surface area contributed by atoms with E-state index in [1.165, 1.54) is 17.8 Å². The van der Waals surface area contributed by atoms with E-state index in [1.807, 2.05) is 35.7 Å². The average molecular weight is 358 g/mol. The van der Waals surface area contributed by atoms with Crippen LogP contribution < -0.4 is 5.32 Å². The Labute approximate surface area is 151 Å². The summed E-state index contributed by atoms with van der Waals surface area (Å²) in [6, 6.07) is 9.77. The Morgan fingerprint density at radius 3 is 2.64 bits per heavy atom. The molecule has 1 heterocycles. The molecule has 3 rings (SSSR count). The van der Waals surface area contributed by atoms with E-state index in [1.54, 1.807) is 6.92 Å². The molecule has 1 aromatic carbocycles. The smallest absolute Gasteiger partial charge is 0.309 e. The highest BCUT2D eigenvalue weighted by Gasteiger charge is 2.26. The predicted molar refractivity (Wildman–Crippen MR) is 98.3 cm³/mol. The maximum absolute atomic E-state index is 12.3. The number of carbonyl (C=O) groups is 2. The van der Waals surface area contributed by atoms with Crippen molar-refractivity contribution >= 4 is 28.3 Å². The van der Waals surface area contributed by atoms with Crippen molar-refractivity contribution in [2.75, 3.05) is 5.32 Å². The molecule has 0 radical (unpaired) electrons. The van der Waals surface area contributed by atoms with Crippen molar-refractivity contribution < 1.29 is 14.3 Å². The number of amides is 1. The summed E-state index contributed by atoms with van der Waals surface area (Å²) < 4.78 is 5.34. The number of nitrogens with one attached hydrogen (secondary N) is 1. The third kappa shape index (κ3) is 4.66. The summed E-state index contributed by atoms with van der Waals surface area (Å²) in [5.41, 5.74) is 1.81. The Hall–Kier alpha value is -2.21. The standard InChI is InChI=1S/C19H22N2O3S/c1-13(24-18(23)15-10-6-3-7-11-15)17(22)21-19-20-16(12-25-19)14-8-4-2-5-9-14/h2,4-5,8-9,12-13,15H,3,6-7,10-11H2,1H3,(H,20,21,22). The molecule has 0 bridgehead atoms. The summed E-state index contributed by atoms with van der Waals surface area (Å²) in [4.78, 5) is 28.8. The number of carbonyl (C=O) groups excluding carboxylic acids is 2. The molecule has 1 atom stereocenters. The lowest BCUT2D eigenvalue weighted by atomic mass is 9.89. The minimum atomic E-state index is -0.821. The zero-order valence-electron chi connectivity index (χ0n) is 14.2. The first-order chi connectivity index (χ1) is 12.1. The van der Waals surface area contributed by atoms with E-state index in [0.29, 0.717) is 5.13 Å². The second-order valence-corrected chi connectivity index (χ2v) is 7.17. The Morgan fingerprint density at radius 2 is 1.92 bits per heavy atom. The molecule has 0 aliphatic heterocycles. The maximum Gasteiger partial charge on any atom is 0.309 e. The lowest BCUT2D eigenvalue weighted by Crippen LogP contribution is -2.32. The van der Waals surface area contributed by atoms with Crippen LogP contribution in [0.5, 0.6) is 0 Å². The lowest BCUT2D eigenvalue weighted by molar-refractivity contribution is -0.158. The Morgan fingerprint density at radius 1 is 1.20 bits per heavy atom. The molecule has 1 saturated carbocycles. The van der Waals surface area contributed by atoms with Gasteiger partial charge in [0.05, 0.1) is 11.6 Å². The fourth-order valence-electron chi connectivity index (χ4n) is 2.94. The molecule has 0 spiro atoms. The van der Waals surface area contributed by atoms with Crippen LogP contribution in [0.25, 0.3) is 11.3 Å². The zero-order valence-corrected chi connectivity index (χ0v) is 15.1. The van der Waals surface area contributed by atoms with Gasteiger partial charge in [0, 0.05) is 10.9 Å². The van der Waals surface area contributed by atoms with E-state index in [2.05, 4.69) is 10.3 Å². The van der Waals surface area contributed by atoms with E-state index in [0.717, 1.165) is 36.9 Å². The van der Waals surface area contributed by atoms with Crippen molar-refractivity contribution in [1.29, 1.82) is 0 Å². The average Bonchev–Trinajstić information content (AvgIpc) is 3.11. The van der Waals surface area contributed by atoms with Crippen molar-refractivity contribution in [3.8, 4) is 11.3 Å². The van der Waals surface area contributed by atoms with Crippen molar-refractivity contribution in [1.82, 2.24) is 4.98 Å². The van der Waals surface area contributed by atoms with E-state index in [-0.39, 0.29) is 17.8 Å². The molecule has 1 fully saturated rings. The molecule has 25 heavy (non-hydrogen) atoms. The number of nitrogens with zero attached hydrogens (tertiary/aromatic N) is 1. The Kier molecular flexibility index (Phi) is 5.81. The van der Waals surface area contributed by atoms with E-state index >= 15 is 0 Å². The number of hydrogen-bond donors (Lipinski definition) is 1. The van der Waals surface area contributed by atoms with Gasteiger partial charge in [0.2, 0.25) is 0 Å². The molecule has 1 aliphatic carbocycles. The number of anilines is 1. The third-order valence-electron chi connectivity index (χ3n) is 4.40. The van der Waals surface area contributed by atoms with Gasteiger partial charge in [0.15, 0.2) is 11.2 Å². The van der Waals surface area contributed by atoms with Gasteiger partial charge in [-0.2, -0.15) is 0 Å². The van der Waals surface area contributed by atoms with Gasteiger partial charge in [0.25, 0.3) is 5.91 Å². The fraction of sp³-hybridized carbons (Fsp3) is 0.421. The highest BCUT2D eigenvalue weighted by Crippen LogP contribution is 2.26. The monoisotopic (exact) mass is 358 g/mol. The Bertz CT molecular complexity index is 723. The first kappa shape index (κ1) is 17.6. The zero-order chi connectivity index (χ0) is 17.6. The predicted octanol–water partition coefficient (Wildman–Crippen LogP) is 4.26. The molecule has 132 valence electrons. The summed E-state index contributed by atoms with van der Waals surface area (Å²) in [5, 5.41) is 5.13. The molecule has 2 aromatic rings. The summed E-state index contributed by atoms with van der Waals surface area (Å²) in [7, 11) is 0. The van der Waals surface area contributed by atoms with Gasteiger partial charge in [0.1, 0.15) is 0 Å². The second kappa shape index (κ2) is 8.25. The van der Waals surface area contributed by atoms with Gasteiger partial charge in [-0.05, 0) is 19.8 Å². The second-order valence-electron chi connectivity index (χ2n) is 6.31. The normalized spacial score (nSPS) is 16.2. The number of aromatic nitrogens is 1. The van der Waals surface area contributed by atoms with Crippen LogP contribution in [0.4, 0.5) is 5.13 Å². The Balaban J connectivity index is 1.54. The van der Waals surface area contributed by atoms with Gasteiger partial charge < -0.3 is 4.74 Å². The number of thiazole rings is 1. The van der Waals surface area contributed by atoms with Gasteiger partial charge in [-0.25, -0.2) is 4.98 Å². The highest BCUT2D eigenvalue weighted by atomic mass is 32.1. The van der Waals surface area contributed by atoms with Crippen molar-refractivity contribution in [2.24, 2.45) is 5.92 Å². The molecule has 1 N–H and O–H groups in total.